The minimum absolute atomic E-state index is 0.129. The Kier molecular flexibility index (Phi) is 4.33. The van der Waals surface area contributed by atoms with Gasteiger partial charge in [-0.2, -0.15) is 0 Å². The van der Waals surface area contributed by atoms with E-state index in [2.05, 4.69) is 54.2 Å². The van der Waals surface area contributed by atoms with Gasteiger partial charge in [0.05, 0.1) is 6.61 Å². The molecule has 1 aromatic carbocycles. The highest BCUT2D eigenvalue weighted by Gasteiger charge is 2.22. The molecule has 0 spiro atoms. The summed E-state index contributed by atoms with van der Waals surface area (Å²) in [5.74, 6) is 1.78. The third-order valence-electron chi connectivity index (χ3n) is 3.01. The third kappa shape index (κ3) is 4.62. The summed E-state index contributed by atoms with van der Waals surface area (Å²) in [7, 11) is 0. The Hall–Kier alpha value is -0.540. The molecular weight excluding hydrogens is 290 g/mol. The molecule has 0 atom stereocenters. The molecule has 0 saturated heterocycles. The molecule has 2 nitrogen and oxygen atoms in total. The lowest BCUT2D eigenvalue weighted by Gasteiger charge is -2.21. The van der Waals surface area contributed by atoms with E-state index in [-0.39, 0.29) is 5.54 Å². The Morgan fingerprint density at radius 1 is 1.33 bits per heavy atom. The SMILES string of the molecule is CC(C)(C)NCc1cc(OCC2CC2)ccc1Br. The molecule has 3 heteroatoms. The smallest absolute Gasteiger partial charge is 0.119 e. The predicted molar refractivity (Wildman–Crippen MR) is 79.0 cm³/mol. The highest BCUT2D eigenvalue weighted by Crippen LogP contribution is 2.30. The topological polar surface area (TPSA) is 21.3 Å². The lowest BCUT2D eigenvalue weighted by atomic mass is 10.1. The number of hydrogen-bond acceptors (Lipinski definition) is 2. The van der Waals surface area contributed by atoms with E-state index in [4.69, 9.17) is 4.74 Å². The molecule has 0 heterocycles. The summed E-state index contributed by atoms with van der Waals surface area (Å²) in [5.41, 5.74) is 1.38. The van der Waals surface area contributed by atoms with Crippen molar-refractivity contribution < 1.29 is 4.74 Å². The quantitative estimate of drug-likeness (QED) is 0.883. The van der Waals surface area contributed by atoms with Crippen LogP contribution < -0.4 is 10.1 Å². The molecule has 0 bridgehead atoms. The largest absolute Gasteiger partial charge is 0.493 e. The second-order valence-corrected chi connectivity index (χ2v) is 6.97. The van der Waals surface area contributed by atoms with Gasteiger partial charge in [-0.05, 0) is 63.3 Å². The molecule has 1 aromatic rings. The Labute approximate surface area is 118 Å². The standard InChI is InChI=1S/C15H22BrNO/c1-15(2,3)17-9-12-8-13(6-7-14(12)16)18-10-11-4-5-11/h6-8,11,17H,4-5,9-10H2,1-3H3. The van der Waals surface area contributed by atoms with Gasteiger partial charge in [0.2, 0.25) is 0 Å². The summed E-state index contributed by atoms with van der Waals surface area (Å²) in [4.78, 5) is 0. The van der Waals surface area contributed by atoms with Gasteiger partial charge in [-0.3, -0.25) is 0 Å². The van der Waals surface area contributed by atoms with Crippen LogP contribution >= 0.6 is 15.9 Å². The van der Waals surface area contributed by atoms with Crippen LogP contribution in [0.2, 0.25) is 0 Å². The fourth-order valence-electron chi connectivity index (χ4n) is 1.64. The summed E-state index contributed by atoms with van der Waals surface area (Å²) in [5, 5.41) is 3.50. The molecule has 0 aliphatic heterocycles. The molecule has 0 unspecified atom stereocenters. The fraction of sp³-hybridized carbons (Fsp3) is 0.600. The van der Waals surface area contributed by atoms with Crippen molar-refractivity contribution in [1.29, 1.82) is 0 Å². The number of hydrogen-bond donors (Lipinski definition) is 1. The molecule has 2 rings (SSSR count). The van der Waals surface area contributed by atoms with Crippen LogP contribution in [0.4, 0.5) is 0 Å². The van der Waals surface area contributed by atoms with Gasteiger partial charge in [0.25, 0.3) is 0 Å². The van der Waals surface area contributed by atoms with E-state index in [1.807, 2.05) is 6.07 Å². The second-order valence-electron chi connectivity index (χ2n) is 6.11. The van der Waals surface area contributed by atoms with Gasteiger partial charge in [0, 0.05) is 16.6 Å². The molecule has 1 saturated carbocycles. The molecule has 1 aliphatic rings. The molecule has 1 fully saturated rings. The molecule has 18 heavy (non-hydrogen) atoms. The van der Waals surface area contributed by atoms with Crippen molar-refractivity contribution in [3.05, 3.63) is 28.2 Å². The minimum atomic E-state index is 0.129. The summed E-state index contributed by atoms with van der Waals surface area (Å²) in [6.07, 6.45) is 2.66. The van der Waals surface area contributed by atoms with Crippen LogP contribution in [0, 0.1) is 5.92 Å². The van der Waals surface area contributed by atoms with E-state index in [0.29, 0.717) is 0 Å². The normalized spacial score (nSPS) is 15.8. The van der Waals surface area contributed by atoms with Crippen molar-refractivity contribution in [2.75, 3.05) is 6.61 Å². The van der Waals surface area contributed by atoms with Crippen LogP contribution in [0.25, 0.3) is 0 Å². The zero-order valence-corrected chi connectivity index (χ0v) is 13.0. The average Bonchev–Trinajstić information content (AvgIpc) is 3.09. The van der Waals surface area contributed by atoms with E-state index in [1.165, 1.54) is 18.4 Å². The maximum absolute atomic E-state index is 5.81. The average molecular weight is 312 g/mol. The first-order valence-electron chi connectivity index (χ1n) is 6.60. The highest BCUT2D eigenvalue weighted by molar-refractivity contribution is 9.10. The van der Waals surface area contributed by atoms with Crippen molar-refractivity contribution in [2.24, 2.45) is 5.92 Å². The van der Waals surface area contributed by atoms with Gasteiger partial charge >= 0.3 is 0 Å². The maximum atomic E-state index is 5.81. The molecule has 100 valence electrons. The van der Waals surface area contributed by atoms with Crippen LogP contribution in [0.5, 0.6) is 5.75 Å². The van der Waals surface area contributed by atoms with Gasteiger partial charge in [-0.1, -0.05) is 15.9 Å². The molecule has 1 aliphatic carbocycles. The van der Waals surface area contributed by atoms with Crippen LogP contribution in [-0.2, 0) is 6.54 Å². The first-order chi connectivity index (χ1) is 8.44. The number of nitrogens with one attached hydrogen (secondary N) is 1. The van der Waals surface area contributed by atoms with Crippen molar-refractivity contribution >= 4 is 15.9 Å². The highest BCUT2D eigenvalue weighted by atomic mass is 79.9. The van der Waals surface area contributed by atoms with Crippen LogP contribution in [0.3, 0.4) is 0 Å². The Morgan fingerprint density at radius 2 is 2.06 bits per heavy atom. The summed E-state index contributed by atoms with van der Waals surface area (Å²) < 4.78 is 6.95. The number of halogens is 1. The van der Waals surface area contributed by atoms with Gasteiger partial charge in [-0.15, -0.1) is 0 Å². The van der Waals surface area contributed by atoms with Crippen LogP contribution in [0.1, 0.15) is 39.2 Å². The van der Waals surface area contributed by atoms with E-state index in [0.717, 1.165) is 29.3 Å². The maximum Gasteiger partial charge on any atom is 0.119 e. The monoisotopic (exact) mass is 311 g/mol. The molecular formula is C15H22BrNO. The van der Waals surface area contributed by atoms with Crippen molar-refractivity contribution in [3.8, 4) is 5.75 Å². The van der Waals surface area contributed by atoms with Gasteiger partial charge < -0.3 is 10.1 Å². The van der Waals surface area contributed by atoms with Crippen molar-refractivity contribution in [1.82, 2.24) is 5.32 Å². The van der Waals surface area contributed by atoms with Gasteiger partial charge in [0.15, 0.2) is 0 Å². The van der Waals surface area contributed by atoms with Crippen molar-refractivity contribution in [3.63, 3.8) is 0 Å². The predicted octanol–water partition coefficient (Wildman–Crippen LogP) is 4.13. The lowest BCUT2D eigenvalue weighted by molar-refractivity contribution is 0.299. The second kappa shape index (κ2) is 5.62. The van der Waals surface area contributed by atoms with E-state index < -0.39 is 0 Å². The molecule has 0 amide bonds. The zero-order valence-electron chi connectivity index (χ0n) is 11.4. The Balaban J connectivity index is 1.96. The summed E-state index contributed by atoms with van der Waals surface area (Å²) in [6.45, 7) is 8.25. The third-order valence-corrected chi connectivity index (χ3v) is 3.78. The Morgan fingerprint density at radius 3 is 2.67 bits per heavy atom. The first kappa shape index (κ1) is 13.9. The van der Waals surface area contributed by atoms with Crippen LogP contribution in [0.15, 0.2) is 22.7 Å². The molecule has 0 aromatic heterocycles. The van der Waals surface area contributed by atoms with E-state index in [9.17, 15) is 0 Å². The van der Waals surface area contributed by atoms with E-state index in [1.54, 1.807) is 0 Å². The zero-order chi connectivity index (χ0) is 13.2. The Bertz CT molecular complexity index is 407. The lowest BCUT2D eigenvalue weighted by Crippen LogP contribution is -2.35. The number of ether oxygens (including phenoxy) is 1. The number of benzene rings is 1. The number of rotatable bonds is 5. The minimum Gasteiger partial charge on any atom is -0.493 e. The first-order valence-corrected chi connectivity index (χ1v) is 7.39. The van der Waals surface area contributed by atoms with Crippen molar-refractivity contribution in [2.45, 2.75) is 45.7 Å². The fourth-order valence-corrected chi connectivity index (χ4v) is 2.02. The van der Waals surface area contributed by atoms with E-state index >= 15 is 0 Å². The molecule has 1 N–H and O–H groups in total. The van der Waals surface area contributed by atoms with Crippen LogP contribution in [-0.4, -0.2) is 12.1 Å². The van der Waals surface area contributed by atoms with Gasteiger partial charge in [-0.25, -0.2) is 0 Å². The summed E-state index contributed by atoms with van der Waals surface area (Å²) in [6, 6.07) is 6.24. The summed E-state index contributed by atoms with van der Waals surface area (Å²) >= 11 is 3.60. The molecule has 0 radical (unpaired) electrons. The van der Waals surface area contributed by atoms with Gasteiger partial charge in [0.1, 0.15) is 5.75 Å².